The summed E-state index contributed by atoms with van der Waals surface area (Å²) in [6, 6.07) is 6.89. The van der Waals surface area contributed by atoms with E-state index in [-0.39, 0.29) is 5.91 Å². The summed E-state index contributed by atoms with van der Waals surface area (Å²) < 4.78 is 5.14. The molecule has 0 atom stereocenters. The Labute approximate surface area is 116 Å². The first-order valence-electron chi connectivity index (χ1n) is 5.82. The predicted molar refractivity (Wildman–Crippen MR) is 75.1 cm³/mol. The topological polar surface area (TPSA) is 59.5 Å². The quantitative estimate of drug-likeness (QED) is 0.878. The van der Waals surface area contributed by atoms with E-state index in [1.165, 1.54) is 6.26 Å². The third-order valence-electron chi connectivity index (χ3n) is 2.91. The Kier molecular flexibility index (Phi) is 3.81. The van der Waals surface area contributed by atoms with Crippen molar-refractivity contribution in [3.05, 3.63) is 52.4 Å². The van der Waals surface area contributed by atoms with Gasteiger partial charge in [-0.1, -0.05) is 11.6 Å². The molecule has 0 spiro atoms. The van der Waals surface area contributed by atoms with Crippen molar-refractivity contribution < 1.29 is 9.21 Å². The first-order chi connectivity index (χ1) is 8.99. The van der Waals surface area contributed by atoms with Crippen LogP contribution in [-0.4, -0.2) is 17.9 Å². The van der Waals surface area contributed by atoms with Gasteiger partial charge in [-0.15, -0.1) is 0 Å². The molecular formula is C14H15ClN2O2. The molecule has 1 aromatic heterocycles. The molecule has 1 amide bonds. The average Bonchev–Trinajstić information content (AvgIpc) is 2.79. The number of anilines is 1. The number of carbonyl (C=O) groups is 1. The Morgan fingerprint density at radius 3 is 2.79 bits per heavy atom. The zero-order valence-corrected chi connectivity index (χ0v) is 11.6. The summed E-state index contributed by atoms with van der Waals surface area (Å²) in [7, 11) is 1.72. The smallest absolute Gasteiger partial charge is 0.257 e. The van der Waals surface area contributed by atoms with Gasteiger partial charge in [0.15, 0.2) is 0 Å². The van der Waals surface area contributed by atoms with Crippen molar-refractivity contribution in [1.82, 2.24) is 4.90 Å². The summed E-state index contributed by atoms with van der Waals surface area (Å²) in [6.45, 7) is 2.15. The molecule has 0 radical (unpaired) electrons. The van der Waals surface area contributed by atoms with Crippen LogP contribution in [0.25, 0.3) is 0 Å². The maximum Gasteiger partial charge on any atom is 0.257 e. The van der Waals surface area contributed by atoms with E-state index in [1.807, 2.05) is 0 Å². The Balaban J connectivity index is 2.17. The van der Waals surface area contributed by atoms with Gasteiger partial charge in [-0.3, -0.25) is 4.79 Å². The number of hydrogen-bond acceptors (Lipinski definition) is 3. The molecule has 0 aliphatic rings. The summed E-state index contributed by atoms with van der Waals surface area (Å²) in [5.74, 6) is 0.500. The van der Waals surface area contributed by atoms with Gasteiger partial charge in [0.1, 0.15) is 5.76 Å². The summed E-state index contributed by atoms with van der Waals surface area (Å²) in [5.41, 5.74) is 7.72. The molecule has 0 fully saturated rings. The highest BCUT2D eigenvalue weighted by Gasteiger charge is 2.17. The molecule has 0 saturated carbocycles. The van der Waals surface area contributed by atoms with E-state index in [0.717, 1.165) is 5.56 Å². The fourth-order valence-corrected chi connectivity index (χ4v) is 2.03. The lowest BCUT2D eigenvalue weighted by molar-refractivity contribution is 0.0783. The first kappa shape index (κ1) is 13.5. The van der Waals surface area contributed by atoms with Crippen LogP contribution in [0.3, 0.4) is 0 Å². The molecule has 0 aliphatic carbocycles. The average molecular weight is 279 g/mol. The van der Waals surface area contributed by atoms with Crippen molar-refractivity contribution in [2.75, 3.05) is 12.8 Å². The number of hydrogen-bond donors (Lipinski definition) is 1. The zero-order valence-electron chi connectivity index (χ0n) is 10.8. The van der Waals surface area contributed by atoms with Crippen LogP contribution in [0.1, 0.15) is 21.7 Å². The SMILES string of the molecule is Cc1occc1C(=O)N(C)Cc1cc(N)ccc1Cl. The normalized spacial score (nSPS) is 10.5. The van der Waals surface area contributed by atoms with Crippen LogP contribution in [-0.2, 0) is 6.54 Å². The van der Waals surface area contributed by atoms with Crippen LogP contribution in [0, 0.1) is 6.92 Å². The molecule has 5 heteroatoms. The Morgan fingerprint density at radius 1 is 1.42 bits per heavy atom. The number of nitrogen functional groups attached to an aromatic ring is 1. The van der Waals surface area contributed by atoms with Gasteiger partial charge < -0.3 is 15.1 Å². The van der Waals surface area contributed by atoms with E-state index in [1.54, 1.807) is 43.1 Å². The highest BCUT2D eigenvalue weighted by Crippen LogP contribution is 2.21. The number of nitrogens with zero attached hydrogens (tertiary/aromatic N) is 1. The second-order valence-electron chi connectivity index (χ2n) is 4.40. The number of halogens is 1. The van der Waals surface area contributed by atoms with Crippen LogP contribution < -0.4 is 5.73 Å². The molecule has 2 rings (SSSR count). The standard InChI is InChI=1S/C14H15ClN2O2/c1-9-12(5-6-19-9)14(18)17(2)8-10-7-11(16)3-4-13(10)15/h3-7H,8,16H2,1-2H3. The molecule has 1 heterocycles. The third kappa shape index (κ3) is 2.90. The lowest BCUT2D eigenvalue weighted by Crippen LogP contribution is -2.26. The molecular weight excluding hydrogens is 264 g/mol. The van der Waals surface area contributed by atoms with E-state index in [0.29, 0.717) is 28.6 Å². The van der Waals surface area contributed by atoms with Crippen molar-refractivity contribution in [3.63, 3.8) is 0 Å². The maximum absolute atomic E-state index is 12.2. The van der Waals surface area contributed by atoms with E-state index in [2.05, 4.69) is 0 Å². The lowest BCUT2D eigenvalue weighted by Gasteiger charge is -2.18. The highest BCUT2D eigenvalue weighted by atomic mass is 35.5. The molecule has 0 aliphatic heterocycles. The van der Waals surface area contributed by atoms with Gasteiger partial charge in [-0.25, -0.2) is 0 Å². The largest absolute Gasteiger partial charge is 0.469 e. The fraction of sp³-hybridized carbons (Fsp3) is 0.214. The van der Waals surface area contributed by atoms with Crippen LogP contribution in [0.15, 0.2) is 34.9 Å². The monoisotopic (exact) mass is 278 g/mol. The molecule has 19 heavy (non-hydrogen) atoms. The van der Waals surface area contributed by atoms with E-state index >= 15 is 0 Å². The first-order valence-corrected chi connectivity index (χ1v) is 6.20. The highest BCUT2D eigenvalue weighted by molar-refractivity contribution is 6.31. The number of amides is 1. The Bertz CT molecular complexity index is 607. The van der Waals surface area contributed by atoms with E-state index < -0.39 is 0 Å². The molecule has 1 aromatic carbocycles. The lowest BCUT2D eigenvalue weighted by atomic mass is 10.1. The molecule has 4 nitrogen and oxygen atoms in total. The molecule has 100 valence electrons. The molecule has 2 N–H and O–H groups in total. The molecule has 0 bridgehead atoms. The van der Waals surface area contributed by atoms with Crippen molar-refractivity contribution in [2.45, 2.75) is 13.5 Å². The van der Waals surface area contributed by atoms with Crippen molar-refractivity contribution in [3.8, 4) is 0 Å². The molecule has 2 aromatic rings. The number of furan rings is 1. The van der Waals surface area contributed by atoms with Gasteiger partial charge in [0.2, 0.25) is 0 Å². The minimum absolute atomic E-state index is 0.107. The van der Waals surface area contributed by atoms with Crippen molar-refractivity contribution in [1.29, 1.82) is 0 Å². The van der Waals surface area contributed by atoms with Crippen LogP contribution in [0.5, 0.6) is 0 Å². The number of benzene rings is 1. The second-order valence-corrected chi connectivity index (χ2v) is 4.81. The fourth-order valence-electron chi connectivity index (χ4n) is 1.86. The van der Waals surface area contributed by atoms with Crippen LogP contribution >= 0.6 is 11.6 Å². The molecule has 0 unspecified atom stereocenters. The van der Waals surface area contributed by atoms with Gasteiger partial charge in [-0.05, 0) is 36.8 Å². The number of aryl methyl sites for hydroxylation is 1. The minimum Gasteiger partial charge on any atom is -0.469 e. The van der Waals surface area contributed by atoms with Gasteiger partial charge in [-0.2, -0.15) is 0 Å². The summed E-state index contributed by atoms with van der Waals surface area (Å²) in [6.07, 6.45) is 1.50. The van der Waals surface area contributed by atoms with Gasteiger partial charge in [0, 0.05) is 24.3 Å². The zero-order chi connectivity index (χ0) is 14.0. The number of nitrogens with two attached hydrogens (primary N) is 1. The van der Waals surface area contributed by atoms with Crippen LogP contribution in [0.2, 0.25) is 5.02 Å². The van der Waals surface area contributed by atoms with Gasteiger partial charge in [0.25, 0.3) is 5.91 Å². The number of rotatable bonds is 3. The van der Waals surface area contributed by atoms with Gasteiger partial charge >= 0.3 is 0 Å². The van der Waals surface area contributed by atoms with E-state index in [9.17, 15) is 4.79 Å². The molecule has 0 saturated heterocycles. The third-order valence-corrected chi connectivity index (χ3v) is 3.28. The summed E-state index contributed by atoms with van der Waals surface area (Å²) in [4.78, 5) is 13.8. The van der Waals surface area contributed by atoms with Gasteiger partial charge in [0.05, 0.1) is 11.8 Å². The second kappa shape index (κ2) is 5.36. The van der Waals surface area contributed by atoms with Crippen molar-refractivity contribution in [2.24, 2.45) is 0 Å². The Morgan fingerprint density at radius 2 is 2.16 bits per heavy atom. The summed E-state index contributed by atoms with van der Waals surface area (Å²) in [5, 5.41) is 0.595. The van der Waals surface area contributed by atoms with E-state index in [4.69, 9.17) is 21.8 Å². The number of carbonyl (C=O) groups excluding carboxylic acids is 1. The maximum atomic E-state index is 12.2. The summed E-state index contributed by atoms with van der Waals surface area (Å²) >= 11 is 6.09. The Hall–Kier alpha value is -1.94. The minimum atomic E-state index is -0.107. The van der Waals surface area contributed by atoms with Crippen LogP contribution in [0.4, 0.5) is 5.69 Å². The predicted octanol–water partition coefficient (Wildman–Crippen LogP) is 3.10. The van der Waals surface area contributed by atoms with Crippen molar-refractivity contribution >= 4 is 23.2 Å².